The number of rotatable bonds is 6. The lowest BCUT2D eigenvalue weighted by molar-refractivity contribution is 0.102. The number of carbonyl (C=O) groups excluding carboxylic acids is 1. The second-order valence-electron chi connectivity index (χ2n) is 7.63. The van der Waals surface area contributed by atoms with E-state index in [1.54, 1.807) is 48.5 Å². The fourth-order valence-corrected chi connectivity index (χ4v) is 4.38. The highest BCUT2D eigenvalue weighted by molar-refractivity contribution is 7.92. The van der Waals surface area contributed by atoms with E-state index in [9.17, 15) is 18.3 Å². The van der Waals surface area contributed by atoms with Crippen LogP contribution in [0.15, 0.2) is 102 Å². The van der Waals surface area contributed by atoms with Crippen molar-refractivity contribution >= 4 is 27.3 Å². The third-order valence-corrected chi connectivity index (χ3v) is 6.51. The molecule has 0 heterocycles. The third-order valence-electron chi connectivity index (χ3n) is 5.15. The summed E-state index contributed by atoms with van der Waals surface area (Å²) in [4.78, 5) is 12.6. The SMILES string of the molecule is COc1ccccc1NS(=O)(=O)c1ccc(O)c(NC(=O)c2ccc(C#Cc3ccccc3)cc2)c1. The zero-order valence-corrected chi connectivity index (χ0v) is 20.0. The Bertz CT molecular complexity index is 1560. The number of phenolic OH excluding ortho intramolecular Hbond substituents is 1. The van der Waals surface area contributed by atoms with Crippen LogP contribution in [0.4, 0.5) is 11.4 Å². The molecule has 8 heteroatoms. The van der Waals surface area contributed by atoms with E-state index in [1.165, 1.54) is 25.3 Å². The maximum absolute atomic E-state index is 12.9. The number of hydrogen-bond acceptors (Lipinski definition) is 5. The van der Waals surface area contributed by atoms with Crippen LogP contribution in [0.3, 0.4) is 0 Å². The number of nitrogens with one attached hydrogen (secondary N) is 2. The van der Waals surface area contributed by atoms with Gasteiger partial charge in [0.25, 0.3) is 15.9 Å². The molecule has 4 aromatic rings. The van der Waals surface area contributed by atoms with Crippen molar-refractivity contribution in [1.82, 2.24) is 0 Å². The summed E-state index contributed by atoms with van der Waals surface area (Å²) in [6, 6.07) is 26.4. The Morgan fingerprint density at radius 3 is 2.14 bits per heavy atom. The minimum Gasteiger partial charge on any atom is -0.506 e. The fourth-order valence-electron chi connectivity index (χ4n) is 3.28. The van der Waals surface area contributed by atoms with E-state index in [4.69, 9.17) is 4.74 Å². The molecule has 0 saturated heterocycles. The second-order valence-corrected chi connectivity index (χ2v) is 9.31. The third kappa shape index (κ3) is 5.84. The molecule has 0 saturated carbocycles. The molecule has 0 aliphatic carbocycles. The summed E-state index contributed by atoms with van der Waals surface area (Å²) in [6.45, 7) is 0. The average Bonchev–Trinajstić information content (AvgIpc) is 2.89. The van der Waals surface area contributed by atoms with Crippen LogP contribution in [0.1, 0.15) is 21.5 Å². The van der Waals surface area contributed by atoms with Gasteiger partial charge in [0.05, 0.1) is 23.4 Å². The molecule has 0 aromatic heterocycles. The number of para-hydroxylation sites is 2. The molecule has 0 aliphatic heterocycles. The highest BCUT2D eigenvalue weighted by Crippen LogP contribution is 2.30. The molecular weight excluding hydrogens is 476 g/mol. The molecule has 0 atom stereocenters. The minimum absolute atomic E-state index is 0.0455. The summed E-state index contributed by atoms with van der Waals surface area (Å²) in [5.41, 5.74) is 2.14. The van der Waals surface area contributed by atoms with Crippen molar-refractivity contribution in [2.45, 2.75) is 4.90 Å². The molecule has 0 spiro atoms. The number of ether oxygens (including phenoxy) is 1. The van der Waals surface area contributed by atoms with E-state index in [0.29, 0.717) is 11.3 Å². The molecule has 180 valence electrons. The smallest absolute Gasteiger partial charge is 0.262 e. The van der Waals surface area contributed by atoms with Crippen molar-refractivity contribution in [3.63, 3.8) is 0 Å². The van der Waals surface area contributed by atoms with Crippen LogP contribution in [0.5, 0.6) is 11.5 Å². The maximum Gasteiger partial charge on any atom is 0.262 e. The monoisotopic (exact) mass is 498 g/mol. The van der Waals surface area contributed by atoms with E-state index in [-0.39, 0.29) is 22.0 Å². The van der Waals surface area contributed by atoms with Gasteiger partial charge < -0.3 is 15.2 Å². The Morgan fingerprint density at radius 2 is 1.44 bits per heavy atom. The summed E-state index contributed by atoms with van der Waals surface area (Å²) in [5.74, 6) is 5.65. The maximum atomic E-state index is 12.9. The summed E-state index contributed by atoms with van der Waals surface area (Å²) in [7, 11) is -2.59. The molecule has 0 radical (unpaired) electrons. The van der Waals surface area contributed by atoms with Crippen LogP contribution in [-0.2, 0) is 10.0 Å². The van der Waals surface area contributed by atoms with Crippen molar-refractivity contribution in [3.05, 3.63) is 114 Å². The molecule has 0 fully saturated rings. The lowest BCUT2D eigenvalue weighted by Gasteiger charge is -2.13. The standard InChI is InChI=1S/C28H22N2O5S/c1-35-27-10-6-5-9-24(27)30-36(33,34)23-17-18-26(31)25(19-23)29-28(32)22-15-13-21(14-16-22)12-11-20-7-3-2-4-8-20/h2-10,13-19,30-31H,1H3,(H,29,32). The van der Waals surface area contributed by atoms with Crippen molar-refractivity contribution in [2.24, 2.45) is 0 Å². The highest BCUT2D eigenvalue weighted by Gasteiger charge is 2.19. The van der Waals surface area contributed by atoms with E-state index < -0.39 is 15.9 Å². The highest BCUT2D eigenvalue weighted by atomic mass is 32.2. The average molecular weight is 499 g/mol. The van der Waals surface area contributed by atoms with Crippen LogP contribution >= 0.6 is 0 Å². The summed E-state index contributed by atoms with van der Waals surface area (Å²) >= 11 is 0. The van der Waals surface area contributed by atoms with Gasteiger partial charge in [-0.15, -0.1) is 0 Å². The van der Waals surface area contributed by atoms with Crippen molar-refractivity contribution in [1.29, 1.82) is 0 Å². The number of sulfonamides is 1. The number of methoxy groups -OCH3 is 1. The first-order chi connectivity index (χ1) is 17.4. The number of hydrogen-bond donors (Lipinski definition) is 3. The second kappa shape index (κ2) is 10.7. The number of phenols is 1. The summed E-state index contributed by atoms with van der Waals surface area (Å²) < 4.78 is 33.5. The van der Waals surface area contributed by atoms with Gasteiger partial charge in [0.1, 0.15) is 11.5 Å². The molecule has 4 aromatic carbocycles. The molecule has 36 heavy (non-hydrogen) atoms. The lowest BCUT2D eigenvalue weighted by atomic mass is 10.1. The zero-order chi connectivity index (χ0) is 25.5. The molecular formula is C28H22N2O5S. The van der Waals surface area contributed by atoms with Crippen molar-refractivity contribution < 1.29 is 23.1 Å². The molecule has 1 amide bonds. The molecule has 0 bridgehead atoms. The lowest BCUT2D eigenvalue weighted by Crippen LogP contribution is -2.15. The van der Waals surface area contributed by atoms with E-state index >= 15 is 0 Å². The quantitative estimate of drug-likeness (QED) is 0.260. The van der Waals surface area contributed by atoms with Crippen LogP contribution in [-0.4, -0.2) is 26.5 Å². The van der Waals surface area contributed by atoms with Gasteiger partial charge in [-0.1, -0.05) is 42.2 Å². The van der Waals surface area contributed by atoms with Crippen LogP contribution in [0.2, 0.25) is 0 Å². The van der Waals surface area contributed by atoms with E-state index in [2.05, 4.69) is 21.9 Å². The minimum atomic E-state index is -4.03. The number of carbonyl (C=O) groups is 1. The van der Waals surface area contributed by atoms with Crippen molar-refractivity contribution in [3.8, 4) is 23.3 Å². The molecule has 0 unspecified atom stereocenters. The first-order valence-corrected chi connectivity index (χ1v) is 12.3. The number of amides is 1. The Morgan fingerprint density at radius 1 is 0.806 bits per heavy atom. The van der Waals surface area contributed by atoms with E-state index in [0.717, 1.165) is 11.1 Å². The molecule has 7 nitrogen and oxygen atoms in total. The van der Waals surface area contributed by atoms with Gasteiger partial charge in [0.15, 0.2) is 0 Å². The number of aromatic hydroxyl groups is 1. The van der Waals surface area contributed by atoms with Crippen LogP contribution in [0, 0.1) is 11.8 Å². The Balaban J connectivity index is 1.50. The predicted molar refractivity (Wildman–Crippen MR) is 139 cm³/mol. The molecule has 4 rings (SSSR count). The Labute approximate surface area is 209 Å². The van der Waals surface area contributed by atoms with Gasteiger partial charge in [0.2, 0.25) is 0 Å². The van der Waals surface area contributed by atoms with Gasteiger partial charge in [0, 0.05) is 16.7 Å². The first kappa shape index (κ1) is 24.4. The first-order valence-electron chi connectivity index (χ1n) is 10.8. The van der Waals surface area contributed by atoms with Crippen LogP contribution < -0.4 is 14.8 Å². The van der Waals surface area contributed by atoms with Gasteiger partial charge in [-0.2, -0.15) is 0 Å². The molecule has 0 aliphatic rings. The summed E-state index contributed by atoms with van der Waals surface area (Å²) in [5, 5.41) is 12.8. The van der Waals surface area contributed by atoms with E-state index in [1.807, 2.05) is 30.3 Å². The van der Waals surface area contributed by atoms with Gasteiger partial charge in [-0.05, 0) is 66.7 Å². The van der Waals surface area contributed by atoms with Crippen LogP contribution in [0.25, 0.3) is 0 Å². The Kier molecular flexibility index (Phi) is 7.23. The fraction of sp³-hybridized carbons (Fsp3) is 0.0357. The van der Waals surface area contributed by atoms with Gasteiger partial charge in [-0.3, -0.25) is 9.52 Å². The number of benzene rings is 4. The zero-order valence-electron chi connectivity index (χ0n) is 19.2. The number of anilines is 2. The van der Waals surface area contributed by atoms with Crippen molar-refractivity contribution in [2.75, 3.05) is 17.1 Å². The Hall–Kier alpha value is -4.74. The van der Waals surface area contributed by atoms with Gasteiger partial charge >= 0.3 is 0 Å². The summed E-state index contributed by atoms with van der Waals surface area (Å²) in [6.07, 6.45) is 0. The normalized spacial score (nSPS) is 10.6. The topological polar surface area (TPSA) is 105 Å². The van der Waals surface area contributed by atoms with Gasteiger partial charge in [-0.25, -0.2) is 8.42 Å². The molecule has 3 N–H and O–H groups in total. The predicted octanol–water partition coefficient (Wildman–Crippen LogP) is 4.85. The largest absolute Gasteiger partial charge is 0.506 e.